The van der Waals surface area contributed by atoms with Crippen LogP contribution in [-0.2, 0) is 24.5 Å². The third kappa shape index (κ3) is 7.27. The molecule has 13 heteroatoms. The Bertz CT molecular complexity index is 1900. The van der Waals surface area contributed by atoms with Gasteiger partial charge < -0.3 is 19.5 Å². The number of hydrogen-bond donors (Lipinski definition) is 1. The zero-order valence-corrected chi connectivity index (χ0v) is 30.6. The lowest BCUT2D eigenvalue weighted by atomic mass is 9.62. The highest BCUT2D eigenvalue weighted by Gasteiger charge is 2.66. The molecule has 3 aromatic rings. The summed E-state index contributed by atoms with van der Waals surface area (Å²) < 4.78 is 48.1. The number of nitrogens with zero attached hydrogens (tertiary/aromatic N) is 2. The summed E-state index contributed by atoms with van der Waals surface area (Å²) in [4.78, 5) is 41.6. The van der Waals surface area contributed by atoms with E-state index in [1.54, 1.807) is 0 Å². The van der Waals surface area contributed by atoms with Gasteiger partial charge in [0.1, 0.15) is 22.8 Å². The van der Waals surface area contributed by atoms with Crippen molar-refractivity contribution in [3.63, 3.8) is 0 Å². The number of nitrogens with one attached hydrogen (secondary N) is 1. The number of carbonyl (C=O) groups excluding carboxylic acids is 3. The predicted octanol–water partition coefficient (Wildman–Crippen LogP) is 7.55. The SMILES string of the molecule is COC(=O)c1ccc(NC(=O)[C@H]2[C@H](c3cccc(Cl)c3F)[C@@](C#N)(c3ccc(Cl)cc3F)[C@H](CC(C)(C)C)N2CC2C[C@@H]2C(=O)OC)c(OC)c1. The average Bonchev–Trinajstić information content (AvgIpc) is 3.81. The Kier molecular flexibility index (Phi) is 11.0. The highest BCUT2D eigenvalue weighted by Crippen LogP contribution is 2.58. The van der Waals surface area contributed by atoms with E-state index in [0.29, 0.717) is 6.42 Å². The first-order valence-electron chi connectivity index (χ1n) is 16.3. The summed E-state index contributed by atoms with van der Waals surface area (Å²) in [7, 11) is 3.90. The molecule has 2 fully saturated rings. The van der Waals surface area contributed by atoms with Crippen LogP contribution in [0.4, 0.5) is 14.5 Å². The fourth-order valence-electron chi connectivity index (χ4n) is 7.46. The average molecular weight is 743 g/mol. The number of likely N-dealkylation sites (tertiary alicyclic amines) is 1. The minimum Gasteiger partial charge on any atom is -0.495 e. The molecule has 3 aromatic carbocycles. The number of benzene rings is 3. The first kappa shape index (κ1) is 38.0. The van der Waals surface area contributed by atoms with E-state index >= 15 is 8.78 Å². The minimum atomic E-state index is -1.88. The number of amides is 1. The van der Waals surface area contributed by atoms with Crippen LogP contribution in [0.25, 0.3) is 0 Å². The monoisotopic (exact) mass is 741 g/mol. The Morgan fingerprint density at radius 1 is 1.04 bits per heavy atom. The number of nitriles is 1. The van der Waals surface area contributed by atoms with E-state index in [1.165, 1.54) is 69.9 Å². The van der Waals surface area contributed by atoms with Gasteiger partial charge in [0.05, 0.1) is 55.6 Å². The fourth-order valence-corrected chi connectivity index (χ4v) is 7.80. The molecule has 1 aliphatic carbocycles. The van der Waals surface area contributed by atoms with Gasteiger partial charge in [-0.05, 0) is 66.1 Å². The molecule has 2 aliphatic rings. The first-order valence-corrected chi connectivity index (χ1v) is 17.1. The third-order valence-electron chi connectivity index (χ3n) is 9.79. The maximum Gasteiger partial charge on any atom is 0.337 e. The lowest BCUT2D eigenvalue weighted by Crippen LogP contribution is -2.48. The summed E-state index contributed by atoms with van der Waals surface area (Å²) >= 11 is 12.5. The van der Waals surface area contributed by atoms with Crippen molar-refractivity contribution in [1.82, 2.24) is 4.90 Å². The fraction of sp³-hybridized carbons (Fsp3) is 0.421. The molecular formula is C38H39Cl2F2N3O6. The predicted molar refractivity (Wildman–Crippen MR) is 188 cm³/mol. The first-order chi connectivity index (χ1) is 24.1. The molecule has 1 saturated carbocycles. The summed E-state index contributed by atoms with van der Waals surface area (Å²) in [6, 6.07) is 12.8. The normalized spacial score (nSPS) is 24.4. The van der Waals surface area contributed by atoms with Gasteiger partial charge in [0.2, 0.25) is 5.91 Å². The van der Waals surface area contributed by atoms with E-state index in [1.807, 2.05) is 25.7 Å². The number of esters is 2. The van der Waals surface area contributed by atoms with Crippen molar-refractivity contribution >= 4 is 46.7 Å². The van der Waals surface area contributed by atoms with Crippen LogP contribution in [0.2, 0.25) is 10.0 Å². The molecular weight excluding hydrogens is 703 g/mol. The maximum atomic E-state index is 16.4. The number of anilines is 1. The Balaban J connectivity index is 1.79. The van der Waals surface area contributed by atoms with E-state index in [9.17, 15) is 19.6 Å². The van der Waals surface area contributed by atoms with Gasteiger partial charge in [-0.2, -0.15) is 5.26 Å². The van der Waals surface area contributed by atoms with Crippen molar-refractivity contribution in [3.8, 4) is 11.8 Å². The van der Waals surface area contributed by atoms with Crippen molar-refractivity contribution in [2.75, 3.05) is 33.2 Å². The number of halogens is 4. The van der Waals surface area contributed by atoms with Gasteiger partial charge in [0, 0.05) is 29.1 Å². The molecule has 9 nitrogen and oxygen atoms in total. The second-order valence-electron chi connectivity index (χ2n) is 14.2. The molecule has 0 radical (unpaired) electrons. The zero-order valence-electron chi connectivity index (χ0n) is 29.1. The number of carbonyl (C=O) groups is 3. The van der Waals surface area contributed by atoms with Crippen molar-refractivity contribution < 1.29 is 37.4 Å². The molecule has 270 valence electrons. The van der Waals surface area contributed by atoms with Crippen molar-refractivity contribution in [3.05, 3.63) is 93.0 Å². The molecule has 1 N–H and O–H groups in total. The summed E-state index contributed by atoms with van der Waals surface area (Å²) in [6.07, 6.45) is 0.728. The van der Waals surface area contributed by atoms with Gasteiger partial charge >= 0.3 is 11.9 Å². The minimum absolute atomic E-state index is 0.0614. The largest absolute Gasteiger partial charge is 0.495 e. The Labute approximate surface area is 305 Å². The van der Waals surface area contributed by atoms with E-state index in [-0.39, 0.29) is 57.1 Å². The highest BCUT2D eigenvalue weighted by molar-refractivity contribution is 6.31. The van der Waals surface area contributed by atoms with E-state index in [4.69, 9.17) is 37.4 Å². The molecule has 0 aromatic heterocycles. The van der Waals surface area contributed by atoms with Gasteiger partial charge in [0.15, 0.2) is 0 Å². The molecule has 0 bridgehead atoms. The number of methoxy groups -OCH3 is 3. The number of ether oxygens (including phenoxy) is 3. The Hall–Kier alpha value is -4.24. The van der Waals surface area contributed by atoms with E-state index in [2.05, 4.69) is 11.4 Å². The summed E-state index contributed by atoms with van der Waals surface area (Å²) in [5.74, 6) is -5.26. The van der Waals surface area contributed by atoms with Crippen LogP contribution in [0.15, 0.2) is 54.6 Å². The Morgan fingerprint density at radius 2 is 1.76 bits per heavy atom. The molecule has 51 heavy (non-hydrogen) atoms. The molecule has 1 aliphatic heterocycles. The van der Waals surface area contributed by atoms with Crippen LogP contribution in [-0.4, -0.2) is 62.7 Å². The van der Waals surface area contributed by atoms with Crippen LogP contribution in [0, 0.1) is 40.2 Å². The second-order valence-corrected chi connectivity index (χ2v) is 15.0. The summed E-state index contributed by atoms with van der Waals surface area (Å²) in [5.41, 5.74) is -2.15. The molecule has 1 saturated heterocycles. The number of rotatable bonds is 10. The van der Waals surface area contributed by atoms with Gasteiger partial charge in [-0.1, -0.05) is 62.2 Å². The Morgan fingerprint density at radius 3 is 2.37 bits per heavy atom. The van der Waals surface area contributed by atoms with Gasteiger partial charge in [0.25, 0.3) is 0 Å². The van der Waals surface area contributed by atoms with Gasteiger partial charge in [-0.3, -0.25) is 14.5 Å². The number of hydrogen-bond acceptors (Lipinski definition) is 8. The van der Waals surface area contributed by atoms with E-state index in [0.717, 1.165) is 6.07 Å². The van der Waals surface area contributed by atoms with Crippen LogP contribution in [0.3, 0.4) is 0 Å². The second kappa shape index (κ2) is 14.8. The molecule has 5 rings (SSSR count). The zero-order chi connectivity index (χ0) is 37.4. The van der Waals surface area contributed by atoms with Crippen molar-refractivity contribution in [1.29, 1.82) is 5.26 Å². The quantitative estimate of drug-likeness (QED) is 0.212. The standard InChI is InChI=1S/C38H39Cl2F2N3O6/c1-37(2,3)17-30-38(19-43,25-12-11-22(39)16-27(25)41)31(23-8-7-9-26(40)32(23)42)33(45(30)18-21-14-24(21)36(48)51-6)34(46)44-28-13-10-20(35(47)50-5)15-29(28)49-4/h7-13,15-16,21,24,30-31,33H,14,17-18H2,1-6H3,(H,44,46)/t21?,24-,30-,31-,33+,38-/m0/s1. The summed E-state index contributed by atoms with van der Waals surface area (Å²) in [5, 5.41) is 14.2. The smallest absolute Gasteiger partial charge is 0.337 e. The van der Waals surface area contributed by atoms with Crippen LogP contribution in [0.5, 0.6) is 5.75 Å². The molecule has 1 amide bonds. The van der Waals surface area contributed by atoms with E-state index < -0.39 is 64.2 Å². The lowest BCUT2D eigenvalue weighted by Gasteiger charge is -2.39. The molecule has 1 heterocycles. The highest BCUT2D eigenvalue weighted by atomic mass is 35.5. The molecule has 1 unspecified atom stereocenters. The van der Waals surface area contributed by atoms with Crippen LogP contribution >= 0.6 is 23.2 Å². The van der Waals surface area contributed by atoms with Crippen molar-refractivity contribution in [2.45, 2.75) is 57.0 Å². The molecule has 6 atom stereocenters. The summed E-state index contributed by atoms with van der Waals surface area (Å²) in [6.45, 7) is 6.00. The van der Waals surface area contributed by atoms with Crippen LogP contribution in [0.1, 0.15) is 61.0 Å². The van der Waals surface area contributed by atoms with Gasteiger partial charge in [-0.25, -0.2) is 13.6 Å². The topological polar surface area (TPSA) is 118 Å². The third-order valence-corrected chi connectivity index (χ3v) is 10.3. The van der Waals surface area contributed by atoms with Crippen LogP contribution < -0.4 is 10.1 Å². The lowest BCUT2D eigenvalue weighted by molar-refractivity contribution is -0.142. The molecule has 0 spiro atoms. The van der Waals surface area contributed by atoms with Gasteiger partial charge in [-0.15, -0.1) is 0 Å². The maximum absolute atomic E-state index is 16.4. The van der Waals surface area contributed by atoms with Crippen molar-refractivity contribution in [2.24, 2.45) is 17.3 Å².